The zero-order valence-electron chi connectivity index (χ0n) is 18.3. The number of anilines is 2. The lowest BCUT2D eigenvalue weighted by molar-refractivity contribution is 0.402. The molecule has 0 saturated heterocycles. The fraction of sp³-hybridized carbons (Fsp3) is 0.368. The van der Waals surface area contributed by atoms with Crippen molar-refractivity contribution in [2.24, 2.45) is 0 Å². The molecule has 0 unspecified atom stereocenters. The van der Waals surface area contributed by atoms with Gasteiger partial charge >= 0.3 is 0 Å². The molecule has 22 heavy (non-hydrogen) atoms. The van der Waals surface area contributed by atoms with Crippen LogP contribution in [-0.4, -0.2) is 31.9 Å². The highest BCUT2D eigenvalue weighted by Gasteiger charge is 2.20. The number of fused-ring (bicyclic) bond motifs is 2. The Morgan fingerprint density at radius 3 is 2.68 bits per heavy atom. The summed E-state index contributed by atoms with van der Waals surface area (Å²) < 4.78 is 45.2. The van der Waals surface area contributed by atoms with E-state index in [-0.39, 0.29) is 6.54 Å². The van der Waals surface area contributed by atoms with Crippen LogP contribution in [0.4, 0.5) is 11.4 Å². The van der Waals surface area contributed by atoms with Crippen LogP contribution < -0.4 is 4.90 Å². The number of para-hydroxylation sites is 1. The van der Waals surface area contributed by atoms with E-state index in [1.165, 1.54) is 11.1 Å². The Hall–Kier alpha value is -1.51. The number of nitrogens with zero attached hydrogens (tertiary/aromatic N) is 2. The van der Waals surface area contributed by atoms with Gasteiger partial charge in [-0.2, -0.15) is 0 Å². The van der Waals surface area contributed by atoms with E-state index in [0.717, 1.165) is 24.2 Å². The predicted molar refractivity (Wildman–Crippen MR) is 95.5 cm³/mol. The summed E-state index contributed by atoms with van der Waals surface area (Å²) in [4.78, 5) is 2.74. The van der Waals surface area contributed by atoms with Crippen LogP contribution in [0.2, 0.25) is 5.02 Å². The predicted octanol–water partition coefficient (Wildman–Crippen LogP) is 4.53. The van der Waals surface area contributed by atoms with Crippen molar-refractivity contribution in [2.75, 3.05) is 31.9 Å². The lowest BCUT2D eigenvalue weighted by Gasteiger charge is -2.27. The molecule has 1 heterocycles. The van der Waals surface area contributed by atoms with E-state index in [2.05, 4.69) is 11.0 Å². The second-order valence-corrected chi connectivity index (χ2v) is 6.00. The first-order chi connectivity index (χ1) is 13.1. The van der Waals surface area contributed by atoms with Crippen LogP contribution in [0.3, 0.4) is 0 Å². The van der Waals surface area contributed by atoms with Gasteiger partial charge in [-0.1, -0.05) is 35.9 Å². The molecule has 3 rings (SSSR count). The van der Waals surface area contributed by atoms with Crippen LogP contribution in [0.5, 0.6) is 0 Å². The SMILES string of the molecule is [2H]C([2H])([2H])N(CCCN1c2ccccc2CCc2ccc(Cl)cc21)C([2H])([2H])[2H]. The van der Waals surface area contributed by atoms with Crippen molar-refractivity contribution in [3.63, 3.8) is 0 Å². The summed E-state index contributed by atoms with van der Waals surface area (Å²) in [7, 11) is 0. The first-order valence-electron chi connectivity index (χ1n) is 10.5. The summed E-state index contributed by atoms with van der Waals surface area (Å²) in [5.41, 5.74) is 4.42. The zero-order valence-corrected chi connectivity index (χ0v) is 13.1. The fourth-order valence-electron chi connectivity index (χ4n) is 3.01. The number of hydrogen-bond acceptors (Lipinski definition) is 2. The second kappa shape index (κ2) is 6.72. The van der Waals surface area contributed by atoms with E-state index in [4.69, 9.17) is 19.8 Å². The Bertz CT molecular complexity index is 820. The van der Waals surface area contributed by atoms with Gasteiger partial charge in [-0.05, 0) is 69.1 Å². The summed E-state index contributed by atoms with van der Waals surface area (Å²) in [6, 6.07) is 13.9. The Morgan fingerprint density at radius 1 is 1.09 bits per heavy atom. The van der Waals surface area contributed by atoms with Crippen LogP contribution in [0.15, 0.2) is 42.5 Å². The highest BCUT2D eigenvalue weighted by Crippen LogP contribution is 2.37. The summed E-state index contributed by atoms with van der Waals surface area (Å²) in [6.45, 7) is -4.89. The van der Waals surface area contributed by atoms with Crippen LogP contribution >= 0.6 is 11.6 Å². The molecule has 2 nitrogen and oxygen atoms in total. The maximum absolute atomic E-state index is 7.53. The molecule has 1 aliphatic rings. The van der Waals surface area contributed by atoms with Crippen molar-refractivity contribution in [1.29, 1.82) is 0 Å². The molecular formula is C19H23ClN2. The molecule has 0 spiro atoms. The van der Waals surface area contributed by atoms with E-state index in [9.17, 15) is 0 Å². The van der Waals surface area contributed by atoms with Gasteiger partial charge in [-0.3, -0.25) is 0 Å². The van der Waals surface area contributed by atoms with E-state index in [0.29, 0.717) is 22.9 Å². The summed E-state index contributed by atoms with van der Waals surface area (Å²) in [6.07, 6.45) is 2.17. The highest BCUT2D eigenvalue weighted by molar-refractivity contribution is 6.30. The number of benzene rings is 2. The molecule has 0 fully saturated rings. The van der Waals surface area contributed by atoms with Crippen molar-refractivity contribution >= 4 is 23.0 Å². The Morgan fingerprint density at radius 2 is 1.86 bits per heavy atom. The number of hydrogen-bond donors (Lipinski definition) is 0. The Balaban J connectivity index is 1.88. The van der Waals surface area contributed by atoms with Crippen molar-refractivity contribution < 1.29 is 8.22 Å². The minimum atomic E-state index is -2.66. The summed E-state index contributed by atoms with van der Waals surface area (Å²) in [5.74, 6) is 0. The minimum Gasteiger partial charge on any atom is -0.341 e. The van der Waals surface area contributed by atoms with Crippen molar-refractivity contribution in [2.45, 2.75) is 19.3 Å². The average Bonchev–Trinajstić information content (AvgIpc) is 2.73. The maximum Gasteiger partial charge on any atom is 0.0458 e. The Labute approximate surface area is 146 Å². The molecule has 0 aliphatic carbocycles. The number of halogens is 1. The molecule has 0 amide bonds. The molecule has 0 bridgehead atoms. The third-order valence-electron chi connectivity index (χ3n) is 4.05. The molecule has 2 aromatic carbocycles. The van der Waals surface area contributed by atoms with Gasteiger partial charge in [0, 0.05) is 31.2 Å². The van der Waals surface area contributed by atoms with E-state index in [1.54, 1.807) is 0 Å². The molecule has 116 valence electrons. The molecule has 0 saturated carbocycles. The summed E-state index contributed by atoms with van der Waals surface area (Å²) in [5, 5.41) is 0.634. The van der Waals surface area contributed by atoms with E-state index in [1.807, 2.05) is 36.4 Å². The van der Waals surface area contributed by atoms with E-state index >= 15 is 0 Å². The van der Waals surface area contributed by atoms with Crippen LogP contribution in [0.1, 0.15) is 25.8 Å². The molecule has 3 heteroatoms. The van der Waals surface area contributed by atoms with Gasteiger partial charge in [0.2, 0.25) is 0 Å². The van der Waals surface area contributed by atoms with E-state index < -0.39 is 14.0 Å². The van der Waals surface area contributed by atoms with Gasteiger partial charge in [0.1, 0.15) is 0 Å². The zero-order chi connectivity index (χ0) is 20.5. The third-order valence-corrected chi connectivity index (χ3v) is 4.28. The monoisotopic (exact) mass is 320 g/mol. The molecule has 2 aromatic rings. The topological polar surface area (TPSA) is 6.48 Å². The number of aryl methyl sites for hydroxylation is 2. The van der Waals surface area contributed by atoms with Crippen LogP contribution in [-0.2, 0) is 12.8 Å². The van der Waals surface area contributed by atoms with Gasteiger partial charge in [-0.15, -0.1) is 0 Å². The summed E-state index contributed by atoms with van der Waals surface area (Å²) >= 11 is 6.24. The fourth-order valence-corrected chi connectivity index (χ4v) is 3.18. The molecular weight excluding hydrogens is 292 g/mol. The standard InChI is InChI=1S/C19H23ClN2/c1-21(2)12-5-13-22-18-7-4-3-6-15(18)8-9-16-10-11-17(20)14-19(16)22/h3-4,6-7,10-11,14H,5,8-9,12-13H2,1-2H3/i1D3,2D3. The van der Waals surface area contributed by atoms with Crippen LogP contribution in [0, 0.1) is 0 Å². The lowest BCUT2D eigenvalue weighted by atomic mass is 10.0. The van der Waals surface area contributed by atoms with Gasteiger partial charge in [0.15, 0.2) is 0 Å². The average molecular weight is 321 g/mol. The van der Waals surface area contributed by atoms with Crippen LogP contribution in [0.25, 0.3) is 0 Å². The Kier molecular flexibility index (Phi) is 2.93. The second-order valence-electron chi connectivity index (χ2n) is 5.56. The minimum absolute atomic E-state index is 0.0540. The third kappa shape index (κ3) is 3.29. The smallest absolute Gasteiger partial charge is 0.0458 e. The van der Waals surface area contributed by atoms with Crippen molar-refractivity contribution in [1.82, 2.24) is 4.90 Å². The molecule has 1 aliphatic heterocycles. The van der Waals surface area contributed by atoms with Gasteiger partial charge in [-0.25, -0.2) is 0 Å². The molecule has 0 atom stereocenters. The molecule has 0 radical (unpaired) electrons. The first kappa shape index (κ1) is 9.59. The largest absolute Gasteiger partial charge is 0.341 e. The number of rotatable bonds is 4. The highest BCUT2D eigenvalue weighted by atomic mass is 35.5. The molecule has 0 N–H and O–H groups in total. The van der Waals surface area contributed by atoms with Gasteiger partial charge in [0.05, 0.1) is 0 Å². The van der Waals surface area contributed by atoms with Crippen molar-refractivity contribution in [3.8, 4) is 0 Å². The van der Waals surface area contributed by atoms with Gasteiger partial charge in [0.25, 0.3) is 0 Å². The lowest BCUT2D eigenvalue weighted by Crippen LogP contribution is -2.24. The maximum atomic E-state index is 7.53. The molecule has 0 aromatic heterocycles. The van der Waals surface area contributed by atoms with Gasteiger partial charge < -0.3 is 9.80 Å². The first-order valence-corrected chi connectivity index (χ1v) is 7.87. The normalized spacial score (nSPS) is 18.9. The quantitative estimate of drug-likeness (QED) is 0.816. The van der Waals surface area contributed by atoms with Crippen molar-refractivity contribution in [3.05, 3.63) is 58.6 Å².